The fourth-order valence-corrected chi connectivity index (χ4v) is 3.44. The summed E-state index contributed by atoms with van der Waals surface area (Å²) in [6, 6.07) is 5.89. The molecule has 6 heteroatoms. The maximum absolute atomic E-state index is 12.1. The highest BCUT2D eigenvalue weighted by molar-refractivity contribution is 7.89. The van der Waals surface area contributed by atoms with Gasteiger partial charge < -0.3 is 5.11 Å². The number of likely N-dealkylation sites (tertiary alicyclic amines) is 1. The Labute approximate surface area is 114 Å². The molecule has 106 valence electrons. The van der Waals surface area contributed by atoms with Crippen LogP contribution in [-0.4, -0.2) is 44.1 Å². The number of sulfonamides is 1. The number of hydrogen-bond donors (Lipinski definition) is 2. The Kier molecular flexibility index (Phi) is 4.44. The zero-order valence-electron chi connectivity index (χ0n) is 11.0. The summed E-state index contributed by atoms with van der Waals surface area (Å²) >= 11 is 0. The monoisotopic (exact) mass is 284 g/mol. The summed E-state index contributed by atoms with van der Waals surface area (Å²) in [5.74, 6) is -0.0459. The van der Waals surface area contributed by atoms with Gasteiger partial charge in [-0.2, -0.15) is 0 Å². The molecular formula is C13H20N2O3S. The summed E-state index contributed by atoms with van der Waals surface area (Å²) in [6.45, 7) is 4.48. The van der Waals surface area contributed by atoms with E-state index < -0.39 is 10.0 Å². The van der Waals surface area contributed by atoms with Gasteiger partial charge in [-0.15, -0.1) is 0 Å². The lowest BCUT2D eigenvalue weighted by Crippen LogP contribution is -2.40. The summed E-state index contributed by atoms with van der Waals surface area (Å²) in [5.41, 5.74) is 0. The van der Waals surface area contributed by atoms with Crippen LogP contribution in [0.1, 0.15) is 19.8 Å². The largest absolute Gasteiger partial charge is 0.508 e. The number of benzene rings is 1. The average Bonchev–Trinajstić information content (AvgIpc) is 2.90. The lowest BCUT2D eigenvalue weighted by atomic mass is 10.3. The molecule has 5 nitrogen and oxygen atoms in total. The number of hydrogen-bond acceptors (Lipinski definition) is 4. The number of aromatic hydroxyl groups is 1. The third kappa shape index (κ3) is 3.68. The third-order valence-electron chi connectivity index (χ3n) is 3.46. The standard InChI is InChI=1S/C13H20N2O3S/c1-11(15-7-2-3-8-15)10-14-19(17,18)13-6-4-5-12(16)9-13/h4-6,9,11,14,16H,2-3,7-8,10H2,1H3. The van der Waals surface area contributed by atoms with Crippen molar-refractivity contribution in [2.75, 3.05) is 19.6 Å². The quantitative estimate of drug-likeness (QED) is 0.851. The summed E-state index contributed by atoms with van der Waals surface area (Å²) < 4.78 is 26.7. The summed E-state index contributed by atoms with van der Waals surface area (Å²) in [7, 11) is -3.54. The molecule has 19 heavy (non-hydrogen) atoms. The predicted octanol–water partition coefficient (Wildman–Crippen LogP) is 1.15. The van der Waals surface area contributed by atoms with Crippen molar-refractivity contribution >= 4 is 10.0 Å². The van der Waals surface area contributed by atoms with Crippen molar-refractivity contribution in [1.29, 1.82) is 0 Å². The highest BCUT2D eigenvalue weighted by Crippen LogP contribution is 2.16. The highest BCUT2D eigenvalue weighted by atomic mass is 32.2. The van der Waals surface area contributed by atoms with Gasteiger partial charge in [-0.25, -0.2) is 13.1 Å². The van der Waals surface area contributed by atoms with Crippen LogP contribution >= 0.6 is 0 Å². The minimum atomic E-state index is -3.54. The van der Waals surface area contributed by atoms with Crippen LogP contribution < -0.4 is 4.72 Å². The molecule has 1 aliphatic heterocycles. The number of nitrogens with one attached hydrogen (secondary N) is 1. The first kappa shape index (κ1) is 14.3. The van der Waals surface area contributed by atoms with Crippen LogP contribution in [0, 0.1) is 0 Å². The number of phenols is 1. The molecule has 1 fully saturated rings. The van der Waals surface area contributed by atoms with E-state index >= 15 is 0 Å². The SMILES string of the molecule is CC(CNS(=O)(=O)c1cccc(O)c1)N1CCCC1. The maximum Gasteiger partial charge on any atom is 0.240 e. The van der Waals surface area contributed by atoms with Crippen LogP contribution in [0.25, 0.3) is 0 Å². The fraction of sp³-hybridized carbons (Fsp3) is 0.538. The van der Waals surface area contributed by atoms with Gasteiger partial charge in [-0.1, -0.05) is 6.07 Å². The predicted molar refractivity (Wildman–Crippen MR) is 73.6 cm³/mol. The van der Waals surface area contributed by atoms with Gasteiger partial charge in [0.15, 0.2) is 0 Å². The Morgan fingerprint density at radius 1 is 1.37 bits per heavy atom. The molecule has 0 aliphatic carbocycles. The number of nitrogens with zero attached hydrogens (tertiary/aromatic N) is 1. The molecule has 2 rings (SSSR count). The molecule has 0 bridgehead atoms. The van der Waals surface area contributed by atoms with E-state index in [1.54, 1.807) is 0 Å². The van der Waals surface area contributed by atoms with Gasteiger partial charge in [-0.3, -0.25) is 4.90 Å². The maximum atomic E-state index is 12.1. The van der Waals surface area contributed by atoms with Gasteiger partial charge in [0.2, 0.25) is 10.0 Å². The van der Waals surface area contributed by atoms with Crippen LogP contribution in [0.2, 0.25) is 0 Å². The van der Waals surface area contributed by atoms with Gasteiger partial charge >= 0.3 is 0 Å². The molecule has 1 heterocycles. The summed E-state index contributed by atoms with van der Waals surface area (Å²) in [4.78, 5) is 2.38. The summed E-state index contributed by atoms with van der Waals surface area (Å²) in [6.07, 6.45) is 2.37. The van der Waals surface area contributed by atoms with Gasteiger partial charge in [-0.05, 0) is 51.1 Å². The lowest BCUT2D eigenvalue weighted by molar-refractivity contribution is 0.260. The summed E-state index contributed by atoms with van der Waals surface area (Å²) in [5, 5.41) is 9.33. The minimum absolute atomic E-state index is 0.0459. The first-order chi connectivity index (χ1) is 8.99. The Balaban J connectivity index is 1.97. The normalized spacial score (nSPS) is 18.6. The zero-order chi connectivity index (χ0) is 13.9. The highest BCUT2D eigenvalue weighted by Gasteiger charge is 2.21. The van der Waals surface area contributed by atoms with Crippen molar-refractivity contribution in [3.8, 4) is 5.75 Å². The average molecular weight is 284 g/mol. The van der Waals surface area contributed by atoms with Crippen LogP contribution in [0.15, 0.2) is 29.2 Å². The van der Waals surface area contributed by atoms with E-state index in [-0.39, 0.29) is 16.7 Å². The molecule has 0 spiro atoms. The first-order valence-corrected chi connectivity index (χ1v) is 8.00. The molecule has 1 saturated heterocycles. The Morgan fingerprint density at radius 2 is 2.05 bits per heavy atom. The van der Waals surface area contributed by atoms with Gasteiger partial charge in [0.05, 0.1) is 4.90 Å². The molecule has 1 atom stereocenters. The topological polar surface area (TPSA) is 69.6 Å². The van der Waals surface area contributed by atoms with E-state index in [9.17, 15) is 13.5 Å². The van der Waals surface area contributed by atoms with Crippen molar-refractivity contribution in [2.45, 2.75) is 30.7 Å². The first-order valence-electron chi connectivity index (χ1n) is 6.52. The molecule has 1 unspecified atom stereocenters. The van der Waals surface area contributed by atoms with Crippen molar-refractivity contribution in [2.24, 2.45) is 0 Å². The second-order valence-corrected chi connectivity index (χ2v) is 6.71. The van der Waals surface area contributed by atoms with Crippen molar-refractivity contribution in [3.05, 3.63) is 24.3 Å². The third-order valence-corrected chi connectivity index (χ3v) is 4.88. The zero-order valence-corrected chi connectivity index (χ0v) is 11.9. The van der Waals surface area contributed by atoms with Gasteiger partial charge in [0, 0.05) is 12.6 Å². The van der Waals surface area contributed by atoms with Crippen LogP contribution in [0.5, 0.6) is 5.75 Å². The lowest BCUT2D eigenvalue weighted by Gasteiger charge is -2.23. The van der Waals surface area contributed by atoms with Gasteiger partial charge in [0.25, 0.3) is 0 Å². The van der Waals surface area contributed by atoms with Crippen molar-refractivity contribution < 1.29 is 13.5 Å². The molecule has 1 aromatic carbocycles. The number of phenolic OH excluding ortho intramolecular Hbond substituents is 1. The molecule has 0 radical (unpaired) electrons. The molecule has 0 amide bonds. The smallest absolute Gasteiger partial charge is 0.240 e. The molecule has 1 aliphatic rings. The van der Waals surface area contributed by atoms with Crippen LogP contribution in [-0.2, 0) is 10.0 Å². The van der Waals surface area contributed by atoms with E-state index in [1.165, 1.54) is 37.1 Å². The molecule has 0 aromatic heterocycles. The molecule has 1 aromatic rings. The molecule has 0 saturated carbocycles. The Hall–Kier alpha value is -1.11. The van der Waals surface area contributed by atoms with Crippen LogP contribution in [0.3, 0.4) is 0 Å². The second-order valence-electron chi connectivity index (χ2n) is 4.94. The van der Waals surface area contributed by atoms with E-state index in [0.717, 1.165) is 13.1 Å². The van der Waals surface area contributed by atoms with E-state index in [2.05, 4.69) is 9.62 Å². The molecule has 2 N–H and O–H groups in total. The van der Waals surface area contributed by atoms with Crippen molar-refractivity contribution in [3.63, 3.8) is 0 Å². The minimum Gasteiger partial charge on any atom is -0.508 e. The van der Waals surface area contributed by atoms with E-state index in [4.69, 9.17) is 0 Å². The molecular weight excluding hydrogens is 264 g/mol. The number of rotatable bonds is 5. The fourth-order valence-electron chi connectivity index (χ4n) is 2.28. The van der Waals surface area contributed by atoms with Gasteiger partial charge in [0.1, 0.15) is 5.75 Å². The van der Waals surface area contributed by atoms with E-state index in [0.29, 0.717) is 6.54 Å². The van der Waals surface area contributed by atoms with Crippen molar-refractivity contribution in [1.82, 2.24) is 9.62 Å². The second kappa shape index (κ2) is 5.90. The van der Waals surface area contributed by atoms with Crippen LogP contribution in [0.4, 0.5) is 0 Å². The van der Waals surface area contributed by atoms with E-state index in [1.807, 2.05) is 6.92 Å². The Bertz CT molecular complexity index is 524. The Morgan fingerprint density at radius 3 is 2.68 bits per heavy atom.